The highest BCUT2D eigenvalue weighted by Gasteiger charge is 2.34. The van der Waals surface area contributed by atoms with E-state index in [1.54, 1.807) is 24.5 Å². The van der Waals surface area contributed by atoms with Crippen LogP contribution < -0.4 is 5.32 Å². The number of benzene rings is 1. The molecule has 0 bridgehead atoms. The van der Waals surface area contributed by atoms with Gasteiger partial charge in [0.15, 0.2) is 9.84 Å². The molecule has 0 radical (unpaired) electrons. The summed E-state index contributed by atoms with van der Waals surface area (Å²) in [6.45, 7) is 2.02. The second-order valence-electron chi connectivity index (χ2n) is 5.05. The van der Waals surface area contributed by atoms with Gasteiger partial charge in [-0.1, -0.05) is 24.3 Å². The van der Waals surface area contributed by atoms with Gasteiger partial charge in [-0.2, -0.15) is 0 Å². The molecular weight excluding hydrogens is 272 g/mol. The van der Waals surface area contributed by atoms with Crippen molar-refractivity contribution in [2.75, 3.05) is 5.75 Å². The fraction of sp³-hybridized carbons (Fsp3) is 0.267. The first kappa shape index (κ1) is 13.3. The number of rotatable bonds is 3. The summed E-state index contributed by atoms with van der Waals surface area (Å²) in [7, 11) is -3.16. The molecule has 1 aromatic carbocycles. The molecule has 5 heteroatoms. The lowest BCUT2D eigenvalue weighted by Crippen LogP contribution is -2.26. The van der Waals surface area contributed by atoms with E-state index in [1.165, 1.54) is 0 Å². The maximum Gasteiger partial charge on any atom is 0.180 e. The van der Waals surface area contributed by atoms with Crippen LogP contribution in [0, 0.1) is 0 Å². The molecule has 1 aromatic heterocycles. The average Bonchev–Trinajstić information content (AvgIpc) is 2.72. The molecule has 2 heterocycles. The van der Waals surface area contributed by atoms with Gasteiger partial charge in [0, 0.05) is 24.5 Å². The highest BCUT2D eigenvalue weighted by Crippen LogP contribution is 2.34. The van der Waals surface area contributed by atoms with Crippen LogP contribution in [-0.4, -0.2) is 19.2 Å². The second kappa shape index (κ2) is 5.00. The van der Waals surface area contributed by atoms with E-state index in [2.05, 4.69) is 10.3 Å². The Balaban J connectivity index is 1.87. The molecule has 1 aliphatic heterocycles. The van der Waals surface area contributed by atoms with E-state index in [9.17, 15) is 8.42 Å². The summed E-state index contributed by atoms with van der Waals surface area (Å²) in [6.07, 6.45) is 3.53. The van der Waals surface area contributed by atoms with Crippen LogP contribution >= 0.6 is 0 Å². The minimum atomic E-state index is -3.16. The minimum Gasteiger partial charge on any atom is -0.302 e. The van der Waals surface area contributed by atoms with Gasteiger partial charge < -0.3 is 5.32 Å². The molecule has 0 saturated carbocycles. The van der Waals surface area contributed by atoms with Crippen LogP contribution in [-0.2, 0) is 9.84 Å². The number of nitrogens with zero attached hydrogens (tertiary/aromatic N) is 1. The quantitative estimate of drug-likeness (QED) is 0.941. The van der Waals surface area contributed by atoms with E-state index < -0.39 is 9.84 Å². The largest absolute Gasteiger partial charge is 0.302 e. The summed E-state index contributed by atoms with van der Waals surface area (Å²) in [4.78, 5) is 4.55. The summed E-state index contributed by atoms with van der Waals surface area (Å²) in [5.41, 5.74) is 1.91. The van der Waals surface area contributed by atoms with Gasteiger partial charge in [-0.3, -0.25) is 4.98 Å². The topological polar surface area (TPSA) is 59.1 Å². The molecule has 2 aromatic rings. The van der Waals surface area contributed by atoms with Crippen molar-refractivity contribution < 1.29 is 8.42 Å². The number of fused-ring (bicyclic) bond motifs is 1. The Hall–Kier alpha value is -1.72. The molecule has 0 spiro atoms. The molecule has 3 rings (SSSR count). The lowest BCUT2D eigenvalue weighted by atomic mass is 10.1. The van der Waals surface area contributed by atoms with Gasteiger partial charge in [-0.05, 0) is 30.2 Å². The highest BCUT2D eigenvalue weighted by molar-refractivity contribution is 7.91. The van der Waals surface area contributed by atoms with Crippen LogP contribution in [0.25, 0.3) is 0 Å². The molecule has 2 unspecified atom stereocenters. The number of pyridine rings is 1. The van der Waals surface area contributed by atoms with Crippen molar-refractivity contribution in [3.8, 4) is 0 Å². The fourth-order valence-corrected chi connectivity index (χ4v) is 4.37. The van der Waals surface area contributed by atoms with Gasteiger partial charge >= 0.3 is 0 Å². The van der Waals surface area contributed by atoms with Gasteiger partial charge in [-0.15, -0.1) is 0 Å². The third-order valence-electron chi connectivity index (χ3n) is 3.65. The van der Waals surface area contributed by atoms with E-state index in [-0.39, 0.29) is 17.8 Å². The van der Waals surface area contributed by atoms with Crippen LogP contribution in [0.1, 0.15) is 30.1 Å². The van der Waals surface area contributed by atoms with Crippen molar-refractivity contribution >= 4 is 9.84 Å². The third-order valence-corrected chi connectivity index (χ3v) is 5.47. The van der Waals surface area contributed by atoms with E-state index in [1.807, 2.05) is 31.2 Å². The van der Waals surface area contributed by atoms with Crippen LogP contribution in [0.2, 0.25) is 0 Å². The number of nitrogens with one attached hydrogen (secondary N) is 1. The predicted molar refractivity (Wildman–Crippen MR) is 77.0 cm³/mol. The molecule has 20 heavy (non-hydrogen) atoms. The zero-order valence-corrected chi connectivity index (χ0v) is 12.0. The number of hydrogen-bond donors (Lipinski definition) is 1. The molecule has 104 valence electrons. The maximum absolute atomic E-state index is 12.1. The zero-order chi connectivity index (χ0) is 14.2. The summed E-state index contributed by atoms with van der Waals surface area (Å²) in [5, 5.41) is 3.39. The highest BCUT2D eigenvalue weighted by atomic mass is 32.2. The summed E-state index contributed by atoms with van der Waals surface area (Å²) in [5.74, 6) is 0.122. The molecule has 0 aliphatic carbocycles. The molecule has 0 fully saturated rings. The number of sulfone groups is 1. The molecule has 4 nitrogen and oxygen atoms in total. The molecule has 1 N–H and O–H groups in total. The predicted octanol–water partition coefficient (Wildman–Crippen LogP) is 2.26. The number of hydrogen-bond acceptors (Lipinski definition) is 4. The standard InChI is InChI=1S/C15H16N2O2S/c1-11(12-5-4-8-16-9-12)17-14-10-20(18,19)15-7-3-2-6-13(14)15/h2-9,11,14,17H,10H2,1H3. The van der Waals surface area contributed by atoms with E-state index in [0.717, 1.165) is 11.1 Å². The summed E-state index contributed by atoms with van der Waals surface area (Å²) < 4.78 is 24.3. The monoisotopic (exact) mass is 288 g/mol. The molecule has 2 atom stereocenters. The molecule has 0 saturated heterocycles. The van der Waals surface area contributed by atoms with Crippen molar-refractivity contribution in [2.45, 2.75) is 23.9 Å². The normalized spacial score (nSPS) is 21.4. The fourth-order valence-electron chi connectivity index (χ4n) is 2.62. The van der Waals surface area contributed by atoms with Crippen molar-refractivity contribution in [2.24, 2.45) is 0 Å². The lowest BCUT2D eigenvalue weighted by molar-refractivity contribution is 0.496. The van der Waals surface area contributed by atoms with Crippen LogP contribution in [0.5, 0.6) is 0 Å². The van der Waals surface area contributed by atoms with Gasteiger partial charge in [0.25, 0.3) is 0 Å². The first-order chi connectivity index (χ1) is 9.58. The Labute approximate surface area is 118 Å². The first-order valence-corrected chi connectivity index (χ1v) is 8.21. The Morgan fingerprint density at radius 1 is 1.25 bits per heavy atom. The molecule has 0 amide bonds. The summed E-state index contributed by atoms with van der Waals surface area (Å²) in [6, 6.07) is 11.0. The minimum absolute atomic E-state index is 0.0510. The summed E-state index contributed by atoms with van der Waals surface area (Å²) >= 11 is 0. The van der Waals surface area contributed by atoms with E-state index in [4.69, 9.17) is 0 Å². The maximum atomic E-state index is 12.1. The molecule has 1 aliphatic rings. The zero-order valence-electron chi connectivity index (χ0n) is 11.2. The lowest BCUT2D eigenvalue weighted by Gasteiger charge is -2.19. The van der Waals surface area contributed by atoms with Crippen molar-refractivity contribution in [3.05, 3.63) is 59.9 Å². The Bertz CT molecular complexity index is 714. The van der Waals surface area contributed by atoms with Crippen LogP contribution in [0.4, 0.5) is 0 Å². The van der Waals surface area contributed by atoms with Crippen molar-refractivity contribution in [1.29, 1.82) is 0 Å². The van der Waals surface area contributed by atoms with Gasteiger partial charge in [0.2, 0.25) is 0 Å². The average molecular weight is 288 g/mol. The molecular formula is C15H16N2O2S. The first-order valence-electron chi connectivity index (χ1n) is 6.55. The van der Waals surface area contributed by atoms with Crippen LogP contribution in [0.15, 0.2) is 53.7 Å². The second-order valence-corrected chi connectivity index (χ2v) is 7.05. The number of aromatic nitrogens is 1. The van der Waals surface area contributed by atoms with Gasteiger partial charge in [-0.25, -0.2) is 8.42 Å². The van der Waals surface area contributed by atoms with Gasteiger partial charge in [0.05, 0.1) is 10.6 Å². The van der Waals surface area contributed by atoms with Crippen molar-refractivity contribution in [3.63, 3.8) is 0 Å². The SMILES string of the molecule is CC(NC1CS(=O)(=O)c2ccccc21)c1cccnc1. The third kappa shape index (κ3) is 2.34. The Morgan fingerprint density at radius 3 is 2.80 bits per heavy atom. The van der Waals surface area contributed by atoms with E-state index in [0.29, 0.717) is 4.90 Å². The Morgan fingerprint density at radius 2 is 2.05 bits per heavy atom. The Kier molecular flexibility index (Phi) is 3.31. The van der Waals surface area contributed by atoms with Crippen molar-refractivity contribution in [1.82, 2.24) is 10.3 Å². The van der Waals surface area contributed by atoms with Gasteiger partial charge in [0.1, 0.15) is 0 Å². The smallest absolute Gasteiger partial charge is 0.180 e. The van der Waals surface area contributed by atoms with Crippen LogP contribution in [0.3, 0.4) is 0 Å². The van der Waals surface area contributed by atoms with E-state index >= 15 is 0 Å².